The Hall–Kier alpha value is -0.520. The van der Waals surface area contributed by atoms with Crippen molar-refractivity contribution in [2.45, 2.75) is 33.1 Å². The van der Waals surface area contributed by atoms with Crippen LogP contribution in [0.15, 0.2) is 24.8 Å². The van der Waals surface area contributed by atoms with E-state index in [-0.39, 0.29) is 0 Å². The average molecular weight is 150 g/mol. The zero-order valence-corrected chi connectivity index (χ0v) is 7.64. The third kappa shape index (κ3) is 1.40. The first-order chi connectivity index (χ1) is 5.25. The van der Waals surface area contributed by atoms with Crippen LogP contribution in [-0.4, -0.2) is 0 Å². The second-order valence-electron chi connectivity index (χ2n) is 3.61. The molecule has 0 saturated heterocycles. The summed E-state index contributed by atoms with van der Waals surface area (Å²) in [7, 11) is 0. The van der Waals surface area contributed by atoms with Crippen molar-refractivity contribution in [3.05, 3.63) is 24.8 Å². The van der Waals surface area contributed by atoms with Crippen molar-refractivity contribution in [1.82, 2.24) is 0 Å². The van der Waals surface area contributed by atoms with Gasteiger partial charge in [-0.25, -0.2) is 0 Å². The molecule has 1 rings (SSSR count). The molecule has 0 radical (unpaired) electrons. The molecule has 2 unspecified atom stereocenters. The normalized spacial score (nSPS) is 38.2. The number of hydrogen-bond donors (Lipinski definition) is 0. The average Bonchev–Trinajstić information content (AvgIpc) is 2.35. The predicted molar refractivity (Wildman–Crippen MR) is 50.5 cm³/mol. The van der Waals surface area contributed by atoms with Crippen LogP contribution < -0.4 is 0 Å². The lowest BCUT2D eigenvalue weighted by Gasteiger charge is -2.26. The maximum atomic E-state index is 3.93. The van der Waals surface area contributed by atoms with Crippen LogP contribution in [0.25, 0.3) is 0 Å². The highest BCUT2D eigenvalue weighted by Gasteiger charge is 2.34. The van der Waals surface area contributed by atoms with E-state index < -0.39 is 0 Å². The van der Waals surface area contributed by atoms with Gasteiger partial charge < -0.3 is 0 Å². The van der Waals surface area contributed by atoms with Gasteiger partial charge in [0.05, 0.1) is 0 Å². The van der Waals surface area contributed by atoms with Crippen molar-refractivity contribution >= 4 is 0 Å². The highest BCUT2D eigenvalue weighted by molar-refractivity contribution is 5.13. The lowest BCUT2D eigenvalue weighted by atomic mass is 9.79. The highest BCUT2D eigenvalue weighted by Crippen LogP contribution is 2.45. The summed E-state index contributed by atoms with van der Waals surface area (Å²) in [5.74, 6) is 0.788. The third-order valence-electron chi connectivity index (χ3n) is 3.02. The molecule has 0 aromatic carbocycles. The van der Waals surface area contributed by atoms with Gasteiger partial charge in [0.25, 0.3) is 0 Å². The monoisotopic (exact) mass is 150 g/mol. The molecule has 0 spiro atoms. The molecule has 1 aliphatic rings. The summed E-state index contributed by atoms with van der Waals surface area (Å²) < 4.78 is 0. The largest absolute Gasteiger partial charge is 0.102 e. The van der Waals surface area contributed by atoms with E-state index in [1.54, 1.807) is 0 Å². The van der Waals surface area contributed by atoms with E-state index in [0.29, 0.717) is 5.41 Å². The van der Waals surface area contributed by atoms with Crippen LogP contribution in [0.1, 0.15) is 33.1 Å². The molecule has 62 valence electrons. The fourth-order valence-corrected chi connectivity index (χ4v) is 2.16. The molecular weight excluding hydrogens is 132 g/mol. The Morgan fingerprint density at radius 3 is 2.64 bits per heavy atom. The second-order valence-corrected chi connectivity index (χ2v) is 3.61. The van der Waals surface area contributed by atoms with Crippen LogP contribution in [0.2, 0.25) is 0 Å². The topological polar surface area (TPSA) is 0 Å². The fraction of sp³-hybridized carbons (Fsp3) is 0.636. The molecule has 0 N–H and O–H groups in total. The molecule has 0 amide bonds. The first kappa shape index (κ1) is 8.58. The van der Waals surface area contributed by atoms with Crippen LogP contribution in [-0.2, 0) is 0 Å². The lowest BCUT2D eigenvalue weighted by Crippen LogP contribution is -2.17. The van der Waals surface area contributed by atoms with E-state index in [9.17, 15) is 0 Å². The Morgan fingerprint density at radius 1 is 1.55 bits per heavy atom. The van der Waals surface area contributed by atoms with Crippen molar-refractivity contribution in [3.8, 4) is 0 Å². The maximum absolute atomic E-state index is 3.93. The van der Waals surface area contributed by atoms with Crippen molar-refractivity contribution in [1.29, 1.82) is 0 Å². The zero-order chi connectivity index (χ0) is 8.32. The second kappa shape index (κ2) is 3.25. The van der Waals surface area contributed by atoms with Crippen molar-refractivity contribution in [2.24, 2.45) is 11.3 Å². The molecule has 0 heteroatoms. The summed E-state index contributed by atoms with van der Waals surface area (Å²) in [6.07, 6.45) is 10.6. The van der Waals surface area contributed by atoms with Gasteiger partial charge in [0, 0.05) is 5.41 Å². The summed E-state index contributed by atoms with van der Waals surface area (Å²) >= 11 is 0. The molecule has 1 saturated carbocycles. The van der Waals surface area contributed by atoms with E-state index in [0.717, 1.165) is 5.92 Å². The van der Waals surface area contributed by atoms with Crippen LogP contribution in [0.5, 0.6) is 0 Å². The van der Waals surface area contributed by atoms with Gasteiger partial charge >= 0.3 is 0 Å². The molecule has 0 nitrogen and oxygen atoms in total. The number of rotatable bonds is 2. The van der Waals surface area contributed by atoms with Gasteiger partial charge in [0.15, 0.2) is 0 Å². The van der Waals surface area contributed by atoms with Crippen LogP contribution in [0, 0.1) is 11.3 Å². The molecule has 0 aromatic rings. The van der Waals surface area contributed by atoms with Gasteiger partial charge in [0.1, 0.15) is 0 Å². The van der Waals surface area contributed by atoms with E-state index in [2.05, 4.69) is 38.7 Å². The van der Waals surface area contributed by atoms with Crippen LogP contribution in [0.3, 0.4) is 0 Å². The zero-order valence-electron chi connectivity index (χ0n) is 7.64. The summed E-state index contributed by atoms with van der Waals surface area (Å²) in [5.41, 5.74) is 0.328. The molecule has 0 heterocycles. The van der Waals surface area contributed by atoms with Gasteiger partial charge in [-0.2, -0.15) is 0 Å². The Balaban J connectivity index is 2.81. The SMILES string of the molecule is C=CC1(C=CC)CCCC1C. The summed E-state index contributed by atoms with van der Waals surface area (Å²) in [6, 6.07) is 0. The molecular formula is C11H18. The van der Waals surface area contributed by atoms with Gasteiger partial charge in [-0.05, 0) is 25.7 Å². The Labute approximate surface area is 70.0 Å². The Morgan fingerprint density at radius 2 is 2.27 bits per heavy atom. The fourth-order valence-electron chi connectivity index (χ4n) is 2.16. The molecule has 11 heavy (non-hydrogen) atoms. The highest BCUT2D eigenvalue weighted by atomic mass is 14.4. The van der Waals surface area contributed by atoms with E-state index in [1.807, 2.05) is 0 Å². The van der Waals surface area contributed by atoms with E-state index >= 15 is 0 Å². The van der Waals surface area contributed by atoms with Crippen molar-refractivity contribution < 1.29 is 0 Å². The van der Waals surface area contributed by atoms with Crippen LogP contribution in [0.4, 0.5) is 0 Å². The molecule has 0 bridgehead atoms. The van der Waals surface area contributed by atoms with Gasteiger partial charge in [-0.3, -0.25) is 0 Å². The quantitative estimate of drug-likeness (QED) is 0.528. The van der Waals surface area contributed by atoms with Crippen molar-refractivity contribution in [2.75, 3.05) is 0 Å². The lowest BCUT2D eigenvalue weighted by molar-refractivity contribution is 0.383. The van der Waals surface area contributed by atoms with Crippen LogP contribution >= 0.6 is 0 Å². The molecule has 1 fully saturated rings. The minimum Gasteiger partial charge on any atom is -0.102 e. The van der Waals surface area contributed by atoms with E-state index in [1.165, 1.54) is 19.3 Å². The Bertz CT molecular complexity index is 167. The summed E-state index contributed by atoms with van der Waals surface area (Å²) in [5, 5.41) is 0. The molecule has 0 aliphatic heterocycles. The third-order valence-corrected chi connectivity index (χ3v) is 3.02. The Kier molecular flexibility index (Phi) is 2.53. The predicted octanol–water partition coefficient (Wildman–Crippen LogP) is 3.55. The molecule has 0 aromatic heterocycles. The number of hydrogen-bond acceptors (Lipinski definition) is 0. The minimum absolute atomic E-state index is 0.328. The first-order valence-corrected chi connectivity index (χ1v) is 4.52. The van der Waals surface area contributed by atoms with Gasteiger partial charge in [-0.15, -0.1) is 6.58 Å². The first-order valence-electron chi connectivity index (χ1n) is 4.52. The van der Waals surface area contributed by atoms with Crippen molar-refractivity contribution in [3.63, 3.8) is 0 Å². The summed E-state index contributed by atoms with van der Waals surface area (Å²) in [6.45, 7) is 8.35. The van der Waals surface area contributed by atoms with Gasteiger partial charge in [-0.1, -0.05) is 31.6 Å². The molecule has 2 atom stereocenters. The number of allylic oxidation sites excluding steroid dienone is 3. The molecule has 1 aliphatic carbocycles. The van der Waals surface area contributed by atoms with E-state index in [4.69, 9.17) is 0 Å². The minimum atomic E-state index is 0.328. The maximum Gasteiger partial charge on any atom is 0.00838 e. The standard InChI is InChI=1S/C11H18/c1-4-8-11(5-2)9-6-7-10(11)3/h4-5,8,10H,2,6-7,9H2,1,3H3. The summed E-state index contributed by atoms with van der Waals surface area (Å²) in [4.78, 5) is 0. The smallest absolute Gasteiger partial charge is 0.00838 e. The van der Waals surface area contributed by atoms with Gasteiger partial charge in [0.2, 0.25) is 0 Å².